The Morgan fingerprint density at radius 1 is 1.30 bits per heavy atom. The van der Waals surface area contributed by atoms with E-state index in [2.05, 4.69) is 5.32 Å². The van der Waals surface area contributed by atoms with Crippen LogP contribution in [0.5, 0.6) is 0 Å². The normalized spacial score (nSPS) is 10.7. The van der Waals surface area contributed by atoms with Crippen LogP contribution in [0.2, 0.25) is 0 Å². The highest BCUT2D eigenvalue weighted by Gasteiger charge is 2.06. The molecule has 1 aromatic heterocycles. The molecular formula is C15H13NO3S. The summed E-state index contributed by atoms with van der Waals surface area (Å²) in [7, 11) is 0. The number of aryl methyl sites for hydroxylation is 1. The third-order valence-corrected chi connectivity index (χ3v) is 3.59. The number of carboxylic acids is 1. The lowest BCUT2D eigenvalue weighted by Crippen LogP contribution is -2.00. The Kier molecular flexibility index (Phi) is 4.32. The van der Waals surface area contributed by atoms with Gasteiger partial charge in [-0.3, -0.25) is 4.79 Å². The van der Waals surface area contributed by atoms with Gasteiger partial charge in [-0.2, -0.15) is 0 Å². The molecule has 102 valence electrons. The number of anilines is 1. The average molecular weight is 287 g/mol. The zero-order valence-corrected chi connectivity index (χ0v) is 11.6. The summed E-state index contributed by atoms with van der Waals surface area (Å²) in [6.45, 7) is 1.73. The first kappa shape index (κ1) is 14.0. The van der Waals surface area contributed by atoms with E-state index in [4.69, 9.17) is 5.11 Å². The van der Waals surface area contributed by atoms with E-state index in [1.54, 1.807) is 31.3 Å². The molecule has 0 spiro atoms. The molecule has 0 saturated carbocycles. The van der Waals surface area contributed by atoms with Crippen LogP contribution in [0.4, 0.5) is 5.69 Å². The van der Waals surface area contributed by atoms with Gasteiger partial charge in [0.15, 0.2) is 5.78 Å². The van der Waals surface area contributed by atoms with Gasteiger partial charge in [0.1, 0.15) is 0 Å². The third-order valence-electron chi connectivity index (χ3n) is 2.71. The van der Waals surface area contributed by atoms with Crippen LogP contribution in [0.3, 0.4) is 0 Å². The Hall–Kier alpha value is -2.40. The zero-order chi connectivity index (χ0) is 14.5. The van der Waals surface area contributed by atoms with Crippen molar-refractivity contribution in [3.05, 3.63) is 64.0 Å². The fourth-order valence-electron chi connectivity index (χ4n) is 1.71. The summed E-state index contributed by atoms with van der Waals surface area (Å²) >= 11 is 1.39. The molecule has 0 fully saturated rings. The predicted octanol–water partition coefficient (Wildman–Crippen LogP) is 3.56. The molecule has 5 heteroatoms. The minimum absolute atomic E-state index is 0.0635. The molecule has 4 nitrogen and oxygen atoms in total. The van der Waals surface area contributed by atoms with Gasteiger partial charge >= 0.3 is 5.97 Å². The minimum atomic E-state index is -0.947. The highest BCUT2D eigenvalue weighted by Crippen LogP contribution is 2.15. The molecule has 2 rings (SSSR count). The number of aromatic carboxylic acids is 1. The van der Waals surface area contributed by atoms with Gasteiger partial charge < -0.3 is 10.4 Å². The molecule has 1 heterocycles. The van der Waals surface area contributed by atoms with Gasteiger partial charge in [-0.05, 0) is 42.1 Å². The van der Waals surface area contributed by atoms with Gasteiger partial charge in [0.2, 0.25) is 0 Å². The van der Waals surface area contributed by atoms with Gasteiger partial charge in [0.25, 0.3) is 0 Å². The highest BCUT2D eigenvalue weighted by molar-refractivity contribution is 7.12. The molecular weight excluding hydrogens is 274 g/mol. The first-order valence-corrected chi connectivity index (χ1v) is 6.81. The number of rotatable bonds is 5. The molecule has 0 aliphatic heterocycles. The van der Waals surface area contributed by atoms with Crippen LogP contribution in [0, 0.1) is 6.92 Å². The first-order chi connectivity index (χ1) is 9.58. The van der Waals surface area contributed by atoms with E-state index in [9.17, 15) is 9.59 Å². The van der Waals surface area contributed by atoms with E-state index in [1.807, 2.05) is 11.4 Å². The van der Waals surface area contributed by atoms with Crippen molar-refractivity contribution in [1.29, 1.82) is 0 Å². The Morgan fingerprint density at radius 2 is 2.10 bits per heavy atom. The molecule has 0 aliphatic carbocycles. The Morgan fingerprint density at radius 3 is 2.70 bits per heavy atom. The van der Waals surface area contributed by atoms with Crippen molar-refractivity contribution in [3.8, 4) is 0 Å². The lowest BCUT2D eigenvalue weighted by atomic mass is 10.1. The Bertz CT molecular complexity index is 660. The number of allylic oxidation sites excluding steroid dienone is 1. The summed E-state index contributed by atoms with van der Waals surface area (Å²) in [5.41, 5.74) is 1.68. The monoisotopic (exact) mass is 287 g/mol. The Labute approximate surface area is 120 Å². The summed E-state index contributed by atoms with van der Waals surface area (Å²) in [5.74, 6) is -1.01. The molecule has 0 aliphatic rings. The van der Waals surface area contributed by atoms with E-state index in [0.717, 1.165) is 5.69 Å². The second-order valence-corrected chi connectivity index (χ2v) is 5.10. The van der Waals surface area contributed by atoms with Crippen LogP contribution >= 0.6 is 11.3 Å². The predicted molar refractivity (Wildman–Crippen MR) is 79.6 cm³/mol. The number of thiophene rings is 1. The summed E-state index contributed by atoms with van der Waals surface area (Å²) < 4.78 is 0. The lowest BCUT2D eigenvalue weighted by Gasteiger charge is -2.04. The standard InChI is InChI=1S/C15H13NO3S/c1-10-9-11(4-5-12(10)15(18)19)16-7-6-13(17)14-3-2-8-20-14/h2-9,16H,1H3,(H,18,19)/b7-6+. The van der Waals surface area contributed by atoms with Crippen LogP contribution in [0.15, 0.2) is 48.0 Å². The number of ketones is 1. The van der Waals surface area contributed by atoms with Gasteiger partial charge in [-0.1, -0.05) is 6.07 Å². The van der Waals surface area contributed by atoms with Crippen LogP contribution < -0.4 is 5.32 Å². The highest BCUT2D eigenvalue weighted by atomic mass is 32.1. The lowest BCUT2D eigenvalue weighted by molar-refractivity contribution is 0.0696. The van der Waals surface area contributed by atoms with E-state index in [0.29, 0.717) is 10.4 Å². The van der Waals surface area contributed by atoms with Gasteiger partial charge in [-0.15, -0.1) is 11.3 Å². The largest absolute Gasteiger partial charge is 0.478 e. The molecule has 2 aromatic rings. The maximum absolute atomic E-state index is 11.7. The Balaban J connectivity index is 2.02. The first-order valence-electron chi connectivity index (χ1n) is 5.93. The molecule has 1 aromatic carbocycles. The maximum Gasteiger partial charge on any atom is 0.335 e. The summed E-state index contributed by atoms with van der Waals surface area (Å²) in [6.07, 6.45) is 3.00. The third kappa shape index (κ3) is 3.33. The van der Waals surface area contributed by atoms with Crippen molar-refractivity contribution in [2.24, 2.45) is 0 Å². The number of benzene rings is 1. The quantitative estimate of drug-likeness (QED) is 0.652. The van der Waals surface area contributed by atoms with Gasteiger partial charge in [-0.25, -0.2) is 4.79 Å². The number of carboxylic acid groups (broad SMARTS) is 1. The molecule has 0 amide bonds. The zero-order valence-electron chi connectivity index (χ0n) is 10.8. The second-order valence-electron chi connectivity index (χ2n) is 4.15. The van der Waals surface area contributed by atoms with E-state index >= 15 is 0 Å². The molecule has 0 atom stereocenters. The van der Waals surface area contributed by atoms with Crippen LogP contribution in [-0.2, 0) is 0 Å². The van der Waals surface area contributed by atoms with Crippen LogP contribution in [0.25, 0.3) is 0 Å². The topological polar surface area (TPSA) is 66.4 Å². The number of carbonyl (C=O) groups is 2. The molecule has 20 heavy (non-hydrogen) atoms. The smallest absolute Gasteiger partial charge is 0.335 e. The second kappa shape index (κ2) is 6.16. The van der Waals surface area contributed by atoms with Gasteiger partial charge in [0, 0.05) is 18.0 Å². The number of nitrogens with one attached hydrogen (secondary N) is 1. The minimum Gasteiger partial charge on any atom is -0.478 e. The SMILES string of the molecule is Cc1cc(N/C=C/C(=O)c2cccs2)ccc1C(=O)O. The van der Waals surface area contributed by atoms with Gasteiger partial charge in [0.05, 0.1) is 10.4 Å². The van der Waals surface area contributed by atoms with Crippen LogP contribution in [0.1, 0.15) is 25.6 Å². The van der Waals surface area contributed by atoms with Crippen molar-refractivity contribution >= 4 is 28.8 Å². The fraction of sp³-hybridized carbons (Fsp3) is 0.0667. The number of carbonyl (C=O) groups excluding carboxylic acids is 1. The molecule has 0 unspecified atom stereocenters. The van der Waals surface area contributed by atoms with Crippen LogP contribution in [-0.4, -0.2) is 16.9 Å². The summed E-state index contributed by atoms with van der Waals surface area (Å²) in [5, 5.41) is 13.7. The van der Waals surface area contributed by atoms with E-state index in [-0.39, 0.29) is 11.3 Å². The molecule has 0 bridgehead atoms. The van der Waals surface area contributed by atoms with Crippen molar-refractivity contribution in [1.82, 2.24) is 0 Å². The van der Waals surface area contributed by atoms with E-state index < -0.39 is 5.97 Å². The molecule has 0 saturated heterocycles. The van der Waals surface area contributed by atoms with Crippen molar-refractivity contribution in [2.45, 2.75) is 6.92 Å². The van der Waals surface area contributed by atoms with Crippen molar-refractivity contribution < 1.29 is 14.7 Å². The van der Waals surface area contributed by atoms with E-state index in [1.165, 1.54) is 23.5 Å². The van der Waals surface area contributed by atoms with Crippen molar-refractivity contribution in [3.63, 3.8) is 0 Å². The summed E-state index contributed by atoms with van der Waals surface area (Å²) in [4.78, 5) is 23.3. The summed E-state index contributed by atoms with van der Waals surface area (Å²) in [6, 6.07) is 8.52. The van der Waals surface area contributed by atoms with Crippen molar-refractivity contribution in [2.75, 3.05) is 5.32 Å². The maximum atomic E-state index is 11.7. The number of hydrogen-bond donors (Lipinski definition) is 2. The number of hydrogen-bond acceptors (Lipinski definition) is 4. The molecule has 0 radical (unpaired) electrons. The molecule has 2 N–H and O–H groups in total. The average Bonchev–Trinajstić information content (AvgIpc) is 2.92. The fourth-order valence-corrected chi connectivity index (χ4v) is 2.35.